The zero-order valence-corrected chi connectivity index (χ0v) is 42.9. The predicted molar refractivity (Wildman–Crippen MR) is 270 cm³/mol. The minimum Gasteiger partial charge on any atom is -0.756 e. The average molecular weight is 907 g/mol. The van der Waals surface area contributed by atoms with Crippen LogP contribution < -0.4 is 10.2 Å². The molecule has 0 radical (unpaired) electrons. The van der Waals surface area contributed by atoms with Gasteiger partial charge in [-0.15, -0.1) is 0 Å². The van der Waals surface area contributed by atoms with Crippen LogP contribution >= 0.6 is 7.82 Å². The lowest BCUT2D eigenvalue weighted by molar-refractivity contribution is -0.870. The first kappa shape index (κ1) is 61.5. The molecular formula is C54H103N2O6P. The Kier molecular flexibility index (Phi) is 44.5. The number of phosphoric acid groups is 1. The zero-order valence-electron chi connectivity index (χ0n) is 42.0. The number of rotatable bonds is 48. The Morgan fingerprint density at radius 3 is 1.38 bits per heavy atom. The molecule has 9 heteroatoms. The number of phosphoric ester groups is 1. The van der Waals surface area contributed by atoms with Crippen LogP contribution in [0.5, 0.6) is 0 Å². The normalized spacial score (nSPS) is 14.5. The molecule has 2 N–H and O–H groups in total. The fourth-order valence-electron chi connectivity index (χ4n) is 7.68. The van der Waals surface area contributed by atoms with Gasteiger partial charge in [-0.2, -0.15) is 0 Å². The highest BCUT2D eigenvalue weighted by molar-refractivity contribution is 7.45. The standard InChI is InChI=1S/C54H103N2O6P/c1-6-8-10-12-14-16-18-20-22-23-24-25-26-27-28-29-30-31-32-34-35-37-39-41-43-45-47-53(57)52(51-62-63(59,60)61-50-49-56(3,4)5)55-54(58)48-46-44-42-40-38-36-33-21-19-17-15-13-11-9-7-2/h9,11,15,17,21,33,38,40,52-53,57H,6-8,10,12-14,16,18-20,22-32,34-37,39,41-51H2,1-5H3,(H-,55,58,59,60)/b11-9-,17-15-,33-21-,40-38-. The van der Waals surface area contributed by atoms with E-state index in [1.807, 2.05) is 21.1 Å². The van der Waals surface area contributed by atoms with Crippen LogP contribution in [0.3, 0.4) is 0 Å². The molecule has 0 aromatic heterocycles. The summed E-state index contributed by atoms with van der Waals surface area (Å²) in [5.41, 5.74) is 0. The smallest absolute Gasteiger partial charge is 0.268 e. The summed E-state index contributed by atoms with van der Waals surface area (Å²) >= 11 is 0. The van der Waals surface area contributed by atoms with Crippen LogP contribution in [0, 0.1) is 0 Å². The van der Waals surface area contributed by atoms with Crippen molar-refractivity contribution < 1.29 is 32.9 Å². The topological polar surface area (TPSA) is 108 Å². The van der Waals surface area contributed by atoms with E-state index in [1.54, 1.807) is 0 Å². The SMILES string of the molecule is CC/C=C\C/C=C\C/C=C\C/C=C\CCCCC(=O)NC(COP(=O)([O-])OCC[N+](C)(C)C)C(O)CCCCCCCCCCCCCCCCCCCCCCCCCCCC. The van der Waals surface area contributed by atoms with Crippen molar-refractivity contribution in [1.29, 1.82) is 0 Å². The van der Waals surface area contributed by atoms with Crippen molar-refractivity contribution in [2.75, 3.05) is 40.9 Å². The Hall–Kier alpha value is -1.54. The highest BCUT2D eigenvalue weighted by Crippen LogP contribution is 2.38. The van der Waals surface area contributed by atoms with Gasteiger partial charge in [0.05, 0.1) is 39.9 Å². The van der Waals surface area contributed by atoms with Gasteiger partial charge in [-0.3, -0.25) is 9.36 Å². The molecule has 0 bridgehead atoms. The predicted octanol–water partition coefficient (Wildman–Crippen LogP) is 15.0. The van der Waals surface area contributed by atoms with Crippen LogP contribution in [0.1, 0.15) is 239 Å². The fourth-order valence-corrected chi connectivity index (χ4v) is 8.40. The number of allylic oxidation sites excluding steroid dienone is 8. The summed E-state index contributed by atoms with van der Waals surface area (Å²) in [6.07, 6.45) is 58.6. The molecule has 0 aliphatic carbocycles. The minimum absolute atomic E-state index is 0.00270. The van der Waals surface area contributed by atoms with Gasteiger partial charge >= 0.3 is 0 Å². The number of nitrogens with one attached hydrogen (secondary N) is 1. The Morgan fingerprint density at radius 2 is 0.968 bits per heavy atom. The van der Waals surface area contributed by atoms with Crippen molar-refractivity contribution >= 4 is 13.7 Å². The van der Waals surface area contributed by atoms with E-state index in [9.17, 15) is 19.4 Å². The molecule has 1 amide bonds. The van der Waals surface area contributed by atoms with E-state index >= 15 is 0 Å². The van der Waals surface area contributed by atoms with Crippen LogP contribution in [-0.4, -0.2) is 68.5 Å². The lowest BCUT2D eigenvalue weighted by atomic mass is 10.0. The van der Waals surface area contributed by atoms with E-state index in [4.69, 9.17) is 9.05 Å². The van der Waals surface area contributed by atoms with Crippen molar-refractivity contribution in [2.24, 2.45) is 0 Å². The van der Waals surface area contributed by atoms with Crippen LogP contribution in [0.2, 0.25) is 0 Å². The van der Waals surface area contributed by atoms with E-state index in [0.717, 1.165) is 57.8 Å². The van der Waals surface area contributed by atoms with Crippen molar-refractivity contribution in [2.45, 2.75) is 251 Å². The van der Waals surface area contributed by atoms with Gasteiger partial charge in [-0.1, -0.05) is 229 Å². The number of hydrogen-bond acceptors (Lipinski definition) is 6. The minimum atomic E-state index is -4.58. The molecule has 0 heterocycles. The maximum atomic E-state index is 12.9. The van der Waals surface area contributed by atoms with E-state index < -0.39 is 20.0 Å². The molecule has 0 aliphatic rings. The molecule has 0 aliphatic heterocycles. The third-order valence-corrected chi connectivity index (χ3v) is 12.8. The lowest BCUT2D eigenvalue weighted by Gasteiger charge is -2.30. The average Bonchev–Trinajstić information content (AvgIpc) is 3.24. The number of amides is 1. The number of carbonyl (C=O) groups is 1. The molecule has 3 unspecified atom stereocenters. The molecular weight excluding hydrogens is 804 g/mol. The highest BCUT2D eigenvalue weighted by Gasteiger charge is 2.24. The monoisotopic (exact) mass is 907 g/mol. The van der Waals surface area contributed by atoms with E-state index in [1.165, 1.54) is 148 Å². The maximum Gasteiger partial charge on any atom is 0.268 e. The maximum absolute atomic E-state index is 12.9. The van der Waals surface area contributed by atoms with E-state index in [-0.39, 0.29) is 19.1 Å². The highest BCUT2D eigenvalue weighted by atomic mass is 31.2. The molecule has 63 heavy (non-hydrogen) atoms. The molecule has 0 spiro atoms. The molecule has 8 nitrogen and oxygen atoms in total. The first-order valence-corrected chi connectivity index (χ1v) is 27.9. The summed E-state index contributed by atoms with van der Waals surface area (Å²) in [6.45, 7) is 4.59. The van der Waals surface area contributed by atoms with Gasteiger partial charge in [0.25, 0.3) is 7.82 Å². The summed E-state index contributed by atoms with van der Waals surface area (Å²) in [6, 6.07) is -0.824. The summed E-state index contributed by atoms with van der Waals surface area (Å²) in [4.78, 5) is 25.4. The van der Waals surface area contributed by atoms with E-state index in [2.05, 4.69) is 67.8 Å². The number of quaternary nitrogens is 1. The number of hydrogen-bond donors (Lipinski definition) is 2. The summed E-state index contributed by atoms with van der Waals surface area (Å²) in [7, 11) is 1.28. The van der Waals surface area contributed by atoms with Crippen LogP contribution in [0.15, 0.2) is 48.6 Å². The zero-order chi connectivity index (χ0) is 46.4. The first-order valence-electron chi connectivity index (χ1n) is 26.5. The summed E-state index contributed by atoms with van der Waals surface area (Å²) in [5, 5.41) is 13.9. The van der Waals surface area contributed by atoms with Crippen molar-refractivity contribution in [3.63, 3.8) is 0 Å². The molecule has 0 saturated carbocycles. The molecule has 370 valence electrons. The number of unbranched alkanes of at least 4 members (excludes halogenated alkanes) is 27. The quantitative estimate of drug-likeness (QED) is 0.0272. The van der Waals surface area contributed by atoms with Crippen molar-refractivity contribution in [1.82, 2.24) is 5.32 Å². The molecule has 0 saturated heterocycles. The second kappa shape index (κ2) is 45.6. The Bertz CT molecular complexity index is 1170. The van der Waals surface area contributed by atoms with Crippen molar-refractivity contribution in [3.05, 3.63) is 48.6 Å². The van der Waals surface area contributed by atoms with Gasteiger partial charge in [0.2, 0.25) is 5.91 Å². The molecule has 0 fully saturated rings. The second-order valence-corrected chi connectivity index (χ2v) is 20.6. The number of carbonyl (C=O) groups excluding carboxylic acids is 1. The van der Waals surface area contributed by atoms with Gasteiger partial charge in [0, 0.05) is 6.42 Å². The Morgan fingerprint density at radius 1 is 0.571 bits per heavy atom. The number of likely N-dealkylation sites (N-methyl/N-ethyl adjacent to an activating group) is 1. The Labute approximate surface area is 390 Å². The van der Waals surface area contributed by atoms with E-state index in [0.29, 0.717) is 30.3 Å². The van der Waals surface area contributed by atoms with Crippen LogP contribution in [0.4, 0.5) is 0 Å². The van der Waals surface area contributed by atoms with Crippen LogP contribution in [-0.2, 0) is 18.4 Å². The van der Waals surface area contributed by atoms with Gasteiger partial charge < -0.3 is 28.8 Å². The number of aliphatic hydroxyl groups is 1. The van der Waals surface area contributed by atoms with Gasteiger partial charge in [-0.25, -0.2) is 0 Å². The van der Waals surface area contributed by atoms with Crippen molar-refractivity contribution in [3.8, 4) is 0 Å². The third kappa shape index (κ3) is 48.2. The third-order valence-electron chi connectivity index (χ3n) is 11.8. The largest absolute Gasteiger partial charge is 0.756 e. The number of nitrogens with zero attached hydrogens (tertiary/aromatic N) is 1. The molecule has 0 aromatic rings. The fraction of sp³-hybridized carbons (Fsp3) is 0.833. The first-order chi connectivity index (χ1) is 30.5. The lowest BCUT2D eigenvalue weighted by Crippen LogP contribution is -2.46. The number of aliphatic hydroxyl groups excluding tert-OH is 1. The Balaban J connectivity index is 4.20. The molecule has 0 aromatic carbocycles. The van der Waals surface area contributed by atoms with Gasteiger partial charge in [0.1, 0.15) is 13.2 Å². The summed E-state index contributed by atoms with van der Waals surface area (Å²) in [5.74, 6) is -0.204. The summed E-state index contributed by atoms with van der Waals surface area (Å²) < 4.78 is 23.3. The molecule has 0 rings (SSSR count). The van der Waals surface area contributed by atoms with Gasteiger partial charge in [0.15, 0.2) is 0 Å². The van der Waals surface area contributed by atoms with Gasteiger partial charge in [-0.05, 0) is 51.4 Å². The second-order valence-electron chi connectivity index (χ2n) is 19.2. The van der Waals surface area contributed by atoms with Crippen LogP contribution in [0.25, 0.3) is 0 Å². The molecule has 3 atom stereocenters.